The number of nitrogens with one attached hydrogen (secondary N) is 1. The molecule has 156 valence electrons. The molecule has 1 aliphatic heterocycles. The fraction of sp³-hybridized carbons (Fsp3) is 0.350. The smallest absolute Gasteiger partial charge is 0.251 e. The number of halogens is 2. The summed E-state index contributed by atoms with van der Waals surface area (Å²) >= 11 is 12.1. The van der Waals surface area contributed by atoms with Gasteiger partial charge < -0.3 is 10.1 Å². The first-order valence-electron chi connectivity index (χ1n) is 9.20. The molecule has 0 saturated carbocycles. The van der Waals surface area contributed by atoms with E-state index < -0.39 is 10.0 Å². The Morgan fingerprint density at radius 1 is 1.17 bits per heavy atom. The SMILES string of the molecule is CC(Cc1ccc(Cl)cc1Cl)NC(=O)c1cccc(S(=O)(=O)N2CCOCC2)c1. The topological polar surface area (TPSA) is 75.7 Å². The van der Waals surface area contributed by atoms with Crippen molar-refractivity contribution in [3.05, 3.63) is 63.6 Å². The standard InChI is InChI=1S/C20H22Cl2N2O4S/c1-14(11-15-5-6-17(21)13-19(15)22)23-20(25)16-3-2-4-18(12-16)29(26,27)24-7-9-28-10-8-24/h2-6,12-14H,7-11H2,1H3,(H,23,25). The molecular formula is C20H22Cl2N2O4S. The van der Waals surface area contributed by atoms with Crippen LogP contribution in [-0.4, -0.2) is 51.0 Å². The van der Waals surface area contributed by atoms with E-state index in [1.807, 2.05) is 13.0 Å². The fourth-order valence-corrected chi connectivity index (χ4v) is 5.05. The van der Waals surface area contributed by atoms with Gasteiger partial charge in [-0.3, -0.25) is 4.79 Å². The number of ether oxygens (including phenoxy) is 1. The van der Waals surface area contributed by atoms with Gasteiger partial charge in [0.25, 0.3) is 5.91 Å². The Morgan fingerprint density at radius 3 is 2.59 bits per heavy atom. The van der Waals surface area contributed by atoms with Crippen LogP contribution in [0.15, 0.2) is 47.4 Å². The second kappa shape index (κ2) is 9.45. The zero-order chi connectivity index (χ0) is 21.0. The minimum Gasteiger partial charge on any atom is -0.379 e. The van der Waals surface area contributed by atoms with Gasteiger partial charge in [0.15, 0.2) is 0 Å². The minimum atomic E-state index is -3.66. The van der Waals surface area contributed by atoms with Crippen molar-refractivity contribution in [3.63, 3.8) is 0 Å². The van der Waals surface area contributed by atoms with Crippen molar-refractivity contribution >= 4 is 39.1 Å². The number of morpholine rings is 1. The number of carbonyl (C=O) groups excluding carboxylic acids is 1. The Morgan fingerprint density at radius 2 is 1.90 bits per heavy atom. The van der Waals surface area contributed by atoms with Gasteiger partial charge in [0.05, 0.1) is 18.1 Å². The molecule has 29 heavy (non-hydrogen) atoms. The highest BCUT2D eigenvalue weighted by Crippen LogP contribution is 2.22. The van der Waals surface area contributed by atoms with Crippen LogP contribution in [0.2, 0.25) is 10.0 Å². The summed E-state index contributed by atoms with van der Waals surface area (Å²) in [7, 11) is -3.66. The van der Waals surface area contributed by atoms with Gasteiger partial charge in [-0.05, 0) is 49.2 Å². The average Bonchev–Trinajstić information content (AvgIpc) is 2.71. The molecule has 1 fully saturated rings. The predicted molar refractivity (Wildman–Crippen MR) is 113 cm³/mol. The molecule has 0 bridgehead atoms. The number of sulfonamides is 1. The van der Waals surface area contributed by atoms with Crippen LogP contribution in [0.1, 0.15) is 22.8 Å². The second-order valence-corrected chi connectivity index (χ2v) is 9.64. The van der Waals surface area contributed by atoms with E-state index in [9.17, 15) is 13.2 Å². The van der Waals surface area contributed by atoms with Crippen molar-refractivity contribution in [2.75, 3.05) is 26.3 Å². The first-order chi connectivity index (χ1) is 13.8. The lowest BCUT2D eigenvalue weighted by molar-refractivity contribution is 0.0730. The maximum absolute atomic E-state index is 12.8. The number of hydrogen-bond donors (Lipinski definition) is 1. The molecule has 9 heteroatoms. The molecule has 1 atom stereocenters. The van der Waals surface area contributed by atoms with Gasteiger partial charge >= 0.3 is 0 Å². The number of nitrogens with zero attached hydrogens (tertiary/aromatic N) is 1. The first kappa shape index (κ1) is 22.1. The number of hydrogen-bond acceptors (Lipinski definition) is 4. The molecule has 0 aromatic heterocycles. The molecule has 6 nitrogen and oxygen atoms in total. The van der Waals surface area contributed by atoms with E-state index in [4.69, 9.17) is 27.9 Å². The molecule has 1 aliphatic rings. The van der Waals surface area contributed by atoms with Crippen LogP contribution >= 0.6 is 23.2 Å². The zero-order valence-electron chi connectivity index (χ0n) is 15.9. The van der Waals surface area contributed by atoms with Crippen molar-refractivity contribution in [2.45, 2.75) is 24.3 Å². The maximum atomic E-state index is 12.8. The van der Waals surface area contributed by atoms with Crippen molar-refractivity contribution in [2.24, 2.45) is 0 Å². The number of rotatable bonds is 6. The molecule has 1 heterocycles. The van der Waals surface area contributed by atoms with Crippen molar-refractivity contribution < 1.29 is 17.9 Å². The zero-order valence-corrected chi connectivity index (χ0v) is 18.2. The molecule has 1 unspecified atom stereocenters. The predicted octanol–water partition coefficient (Wildman–Crippen LogP) is 3.38. The first-order valence-corrected chi connectivity index (χ1v) is 11.4. The molecule has 1 N–H and O–H groups in total. The molecule has 0 spiro atoms. The van der Waals surface area contributed by atoms with E-state index in [0.29, 0.717) is 42.8 Å². The third kappa shape index (κ3) is 5.49. The van der Waals surface area contributed by atoms with Crippen LogP contribution in [0.25, 0.3) is 0 Å². The van der Waals surface area contributed by atoms with Crippen molar-refractivity contribution in [3.8, 4) is 0 Å². The summed E-state index contributed by atoms with van der Waals surface area (Å²) in [5.74, 6) is -0.346. The number of benzene rings is 2. The molecule has 1 amide bonds. The van der Waals surface area contributed by atoms with E-state index in [2.05, 4.69) is 5.32 Å². The highest BCUT2D eigenvalue weighted by molar-refractivity contribution is 7.89. The lowest BCUT2D eigenvalue weighted by atomic mass is 10.1. The Bertz CT molecular complexity index is 992. The van der Waals surface area contributed by atoms with Gasteiger partial charge in [-0.15, -0.1) is 0 Å². The van der Waals surface area contributed by atoms with Crippen LogP contribution in [0.5, 0.6) is 0 Å². The third-order valence-electron chi connectivity index (χ3n) is 4.62. The largest absolute Gasteiger partial charge is 0.379 e. The van der Waals surface area contributed by atoms with Gasteiger partial charge in [-0.2, -0.15) is 4.31 Å². The maximum Gasteiger partial charge on any atom is 0.251 e. The lowest BCUT2D eigenvalue weighted by Gasteiger charge is -2.26. The highest BCUT2D eigenvalue weighted by atomic mass is 35.5. The molecule has 0 radical (unpaired) electrons. The summed E-state index contributed by atoms with van der Waals surface area (Å²) in [6, 6.07) is 11.1. The van der Waals surface area contributed by atoms with Gasteiger partial charge in [0.1, 0.15) is 0 Å². The van der Waals surface area contributed by atoms with E-state index in [0.717, 1.165) is 5.56 Å². The van der Waals surface area contributed by atoms with Gasteiger partial charge in [0.2, 0.25) is 10.0 Å². The average molecular weight is 457 g/mol. The summed E-state index contributed by atoms with van der Waals surface area (Å²) in [5, 5.41) is 3.97. The van der Waals surface area contributed by atoms with E-state index >= 15 is 0 Å². The Hall–Kier alpha value is -1.64. The van der Waals surface area contributed by atoms with Gasteiger partial charge in [0, 0.05) is 34.7 Å². The lowest BCUT2D eigenvalue weighted by Crippen LogP contribution is -2.40. The summed E-state index contributed by atoms with van der Waals surface area (Å²) in [4.78, 5) is 12.7. The quantitative estimate of drug-likeness (QED) is 0.722. The summed E-state index contributed by atoms with van der Waals surface area (Å²) in [5.41, 5.74) is 1.15. The van der Waals surface area contributed by atoms with Crippen LogP contribution < -0.4 is 5.32 Å². The van der Waals surface area contributed by atoms with E-state index in [-0.39, 0.29) is 22.4 Å². The number of amides is 1. The van der Waals surface area contributed by atoms with Crippen molar-refractivity contribution in [1.82, 2.24) is 9.62 Å². The molecule has 3 rings (SSSR count). The Kier molecular flexibility index (Phi) is 7.19. The monoisotopic (exact) mass is 456 g/mol. The van der Waals surface area contributed by atoms with Gasteiger partial charge in [-0.25, -0.2) is 8.42 Å². The van der Waals surface area contributed by atoms with Crippen LogP contribution in [-0.2, 0) is 21.2 Å². The summed E-state index contributed by atoms with van der Waals surface area (Å²) in [6.45, 7) is 3.20. The molecule has 1 saturated heterocycles. The summed E-state index contributed by atoms with van der Waals surface area (Å²) in [6.07, 6.45) is 0.521. The highest BCUT2D eigenvalue weighted by Gasteiger charge is 2.27. The van der Waals surface area contributed by atoms with Crippen LogP contribution in [0.4, 0.5) is 0 Å². The molecular weight excluding hydrogens is 435 g/mol. The fourth-order valence-electron chi connectivity index (χ4n) is 3.11. The van der Waals surface area contributed by atoms with Crippen molar-refractivity contribution in [1.29, 1.82) is 0 Å². The Balaban J connectivity index is 1.70. The van der Waals surface area contributed by atoms with E-state index in [1.165, 1.54) is 16.4 Å². The summed E-state index contributed by atoms with van der Waals surface area (Å²) < 4.78 is 32.2. The Labute approximate surface area is 180 Å². The molecule has 2 aromatic rings. The van der Waals surface area contributed by atoms with Crippen LogP contribution in [0, 0.1) is 0 Å². The number of carbonyl (C=O) groups is 1. The minimum absolute atomic E-state index is 0.0976. The second-order valence-electron chi connectivity index (χ2n) is 6.86. The third-order valence-corrected chi connectivity index (χ3v) is 7.10. The molecule has 0 aliphatic carbocycles. The normalized spacial score (nSPS) is 16.4. The van der Waals surface area contributed by atoms with Gasteiger partial charge in [-0.1, -0.05) is 35.3 Å². The van der Waals surface area contributed by atoms with E-state index in [1.54, 1.807) is 24.3 Å². The van der Waals surface area contributed by atoms with Crippen LogP contribution in [0.3, 0.4) is 0 Å². The molecule has 2 aromatic carbocycles.